The lowest BCUT2D eigenvalue weighted by Crippen LogP contribution is -2.13. The smallest absolute Gasteiger partial charge is 0.161 e. The normalized spacial score (nSPS) is 10.5. The zero-order valence-electron chi connectivity index (χ0n) is 12.5. The lowest BCUT2D eigenvalue weighted by molar-refractivity contribution is 0.318. The highest BCUT2D eigenvalue weighted by molar-refractivity contribution is 5.63. The largest absolute Gasteiger partial charge is 0.504 e. The number of phenolic OH excluding ortho intramolecular Hbond substituents is 1. The number of phenols is 1. The average molecular weight is 288 g/mol. The van der Waals surface area contributed by atoms with Crippen LogP contribution in [-0.4, -0.2) is 21.7 Å². The molecule has 1 aromatic heterocycles. The van der Waals surface area contributed by atoms with Crippen LogP contribution in [0.1, 0.15) is 25.1 Å². The van der Waals surface area contributed by atoms with Crippen LogP contribution in [0.3, 0.4) is 0 Å². The van der Waals surface area contributed by atoms with Crippen molar-refractivity contribution in [2.45, 2.75) is 27.2 Å². The van der Waals surface area contributed by atoms with Gasteiger partial charge in [0.1, 0.15) is 5.82 Å². The standard InChI is InChI=1S/C15H20N4O2/c1-4-11-9(3)17-14(18-15(11)19-16)10-6-7-12(20)13(8-10)21-5-2/h6-8,20H,4-5,16H2,1-3H3,(H,17,18,19). The van der Waals surface area contributed by atoms with E-state index in [0.717, 1.165) is 23.2 Å². The molecule has 2 aromatic rings. The zero-order valence-corrected chi connectivity index (χ0v) is 12.5. The molecule has 6 heteroatoms. The van der Waals surface area contributed by atoms with Gasteiger partial charge in [-0.25, -0.2) is 15.8 Å². The SMILES string of the molecule is CCOc1cc(-c2nc(C)c(CC)c(NN)n2)ccc1O. The first kappa shape index (κ1) is 15.1. The Kier molecular flexibility index (Phi) is 4.59. The highest BCUT2D eigenvalue weighted by Crippen LogP contribution is 2.31. The number of hydrogen-bond acceptors (Lipinski definition) is 6. The van der Waals surface area contributed by atoms with E-state index in [9.17, 15) is 5.11 Å². The summed E-state index contributed by atoms with van der Waals surface area (Å²) in [5.74, 6) is 7.21. The van der Waals surface area contributed by atoms with E-state index in [2.05, 4.69) is 15.4 Å². The van der Waals surface area contributed by atoms with E-state index in [1.165, 1.54) is 0 Å². The summed E-state index contributed by atoms with van der Waals surface area (Å²) in [6, 6.07) is 5.04. The number of aromatic nitrogens is 2. The van der Waals surface area contributed by atoms with E-state index >= 15 is 0 Å². The monoisotopic (exact) mass is 288 g/mol. The molecular weight excluding hydrogens is 268 g/mol. The number of hydrogen-bond donors (Lipinski definition) is 3. The first-order valence-electron chi connectivity index (χ1n) is 6.91. The Labute approximate surface area is 124 Å². The molecule has 4 N–H and O–H groups in total. The summed E-state index contributed by atoms with van der Waals surface area (Å²) in [4.78, 5) is 8.95. The maximum absolute atomic E-state index is 9.75. The molecule has 1 aromatic carbocycles. The second-order valence-corrected chi connectivity index (χ2v) is 4.57. The molecule has 0 radical (unpaired) electrons. The molecule has 0 unspecified atom stereocenters. The van der Waals surface area contributed by atoms with Gasteiger partial charge in [0.15, 0.2) is 17.3 Å². The molecule has 0 atom stereocenters. The van der Waals surface area contributed by atoms with Crippen molar-refractivity contribution in [3.63, 3.8) is 0 Å². The van der Waals surface area contributed by atoms with Crippen LogP contribution in [-0.2, 0) is 6.42 Å². The van der Waals surface area contributed by atoms with Gasteiger partial charge in [0.05, 0.1) is 6.61 Å². The molecule has 0 bridgehead atoms. The Hall–Kier alpha value is -2.34. The van der Waals surface area contributed by atoms with Crippen LogP contribution in [0.25, 0.3) is 11.4 Å². The molecule has 112 valence electrons. The summed E-state index contributed by atoms with van der Waals surface area (Å²) < 4.78 is 5.38. The third-order valence-corrected chi connectivity index (χ3v) is 3.22. The van der Waals surface area contributed by atoms with Gasteiger partial charge >= 0.3 is 0 Å². The molecule has 0 aliphatic carbocycles. The van der Waals surface area contributed by atoms with Crippen molar-refractivity contribution in [3.8, 4) is 22.9 Å². The van der Waals surface area contributed by atoms with Gasteiger partial charge in [-0.05, 0) is 38.5 Å². The fraction of sp³-hybridized carbons (Fsp3) is 0.333. The minimum atomic E-state index is 0.0969. The Bertz CT molecular complexity index is 644. The van der Waals surface area contributed by atoms with Gasteiger partial charge in [0.2, 0.25) is 0 Å². The first-order chi connectivity index (χ1) is 10.1. The Morgan fingerprint density at radius 3 is 2.67 bits per heavy atom. The molecule has 1 heterocycles. The fourth-order valence-electron chi connectivity index (χ4n) is 2.19. The first-order valence-corrected chi connectivity index (χ1v) is 6.91. The van der Waals surface area contributed by atoms with Crippen molar-refractivity contribution in [2.75, 3.05) is 12.0 Å². The number of ether oxygens (including phenoxy) is 1. The summed E-state index contributed by atoms with van der Waals surface area (Å²) in [5.41, 5.74) is 5.25. The van der Waals surface area contributed by atoms with Crippen LogP contribution < -0.4 is 16.0 Å². The van der Waals surface area contributed by atoms with E-state index < -0.39 is 0 Å². The van der Waals surface area contributed by atoms with Crippen LogP contribution in [0.4, 0.5) is 5.82 Å². The van der Waals surface area contributed by atoms with Crippen LogP contribution in [0.5, 0.6) is 11.5 Å². The molecule has 0 aliphatic heterocycles. The number of rotatable bonds is 5. The van der Waals surface area contributed by atoms with Gasteiger partial charge in [0, 0.05) is 16.8 Å². The number of aromatic hydroxyl groups is 1. The molecule has 0 spiro atoms. The summed E-state index contributed by atoms with van der Waals surface area (Å²) >= 11 is 0. The predicted octanol–water partition coefficient (Wildman–Crippen LogP) is 2.40. The fourth-order valence-corrected chi connectivity index (χ4v) is 2.19. The Morgan fingerprint density at radius 1 is 1.29 bits per heavy atom. The summed E-state index contributed by atoms with van der Waals surface area (Å²) in [7, 11) is 0. The molecule has 6 nitrogen and oxygen atoms in total. The molecule has 0 saturated heterocycles. The minimum absolute atomic E-state index is 0.0969. The maximum Gasteiger partial charge on any atom is 0.161 e. The third-order valence-electron chi connectivity index (χ3n) is 3.22. The third kappa shape index (κ3) is 3.05. The van der Waals surface area contributed by atoms with Gasteiger partial charge in [0.25, 0.3) is 0 Å². The van der Waals surface area contributed by atoms with Crippen LogP contribution in [0, 0.1) is 6.92 Å². The topological polar surface area (TPSA) is 93.3 Å². The predicted molar refractivity (Wildman–Crippen MR) is 82.2 cm³/mol. The highest BCUT2D eigenvalue weighted by Gasteiger charge is 2.12. The Balaban J connectivity index is 2.51. The number of hydrazine groups is 1. The average Bonchev–Trinajstić information content (AvgIpc) is 2.48. The van der Waals surface area contributed by atoms with Crippen molar-refractivity contribution in [1.82, 2.24) is 9.97 Å². The molecule has 0 saturated carbocycles. The van der Waals surface area contributed by atoms with Gasteiger partial charge in [-0.15, -0.1) is 0 Å². The van der Waals surface area contributed by atoms with Gasteiger partial charge in [-0.2, -0.15) is 0 Å². The van der Waals surface area contributed by atoms with Crippen LogP contribution >= 0.6 is 0 Å². The number of benzene rings is 1. The number of nitrogen functional groups attached to an aromatic ring is 1. The number of anilines is 1. The zero-order chi connectivity index (χ0) is 15.4. The summed E-state index contributed by atoms with van der Waals surface area (Å²) in [6.07, 6.45) is 0.797. The number of aryl methyl sites for hydroxylation is 1. The van der Waals surface area contributed by atoms with E-state index in [0.29, 0.717) is 24.0 Å². The molecule has 0 fully saturated rings. The van der Waals surface area contributed by atoms with E-state index in [4.69, 9.17) is 10.6 Å². The summed E-state index contributed by atoms with van der Waals surface area (Å²) in [5, 5.41) is 9.75. The molecule has 0 aliphatic rings. The molecule has 21 heavy (non-hydrogen) atoms. The Morgan fingerprint density at radius 2 is 2.05 bits per heavy atom. The van der Waals surface area contributed by atoms with Gasteiger partial charge in [-0.1, -0.05) is 6.92 Å². The second-order valence-electron chi connectivity index (χ2n) is 4.57. The van der Waals surface area contributed by atoms with E-state index in [1.807, 2.05) is 20.8 Å². The van der Waals surface area contributed by atoms with E-state index in [-0.39, 0.29) is 5.75 Å². The van der Waals surface area contributed by atoms with Gasteiger partial charge < -0.3 is 15.3 Å². The number of nitrogens with two attached hydrogens (primary N) is 1. The van der Waals surface area contributed by atoms with Crippen molar-refractivity contribution >= 4 is 5.82 Å². The van der Waals surface area contributed by atoms with Crippen molar-refractivity contribution in [2.24, 2.45) is 5.84 Å². The van der Waals surface area contributed by atoms with Crippen molar-refractivity contribution in [3.05, 3.63) is 29.5 Å². The second kappa shape index (κ2) is 6.41. The van der Waals surface area contributed by atoms with Crippen LogP contribution in [0.2, 0.25) is 0 Å². The molecule has 2 rings (SSSR count). The maximum atomic E-state index is 9.75. The van der Waals surface area contributed by atoms with Gasteiger partial charge in [-0.3, -0.25) is 0 Å². The highest BCUT2D eigenvalue weighted by atomic mass is 16.5. The lowest BCUT2D eigenvalue weighted by atomic mass is 10.1. The quantitative estimate of drug-likeness (QED) is 0.578. The molecular formula is C15H20N4O2. The molecule has 0 amide bonds. The minimum Gasteiger partial charge on any atom is -0.504 e. The number of nitrogens with zero attached hydrogens (tertiary/aromatic N) is 2. The lowest BCUT2D eigenvalue weighted by Gasteiger charge is -2.12. The van der Waals surface area contributed by atoms with E-state index in [1.54, 1.807) is 18.2 Å². The summed E-state index contributed by atoms with van der Waals surface area (Å²) in [6.45, 7) is 6.29. The van der Waals surface area contributed by atoms with Crippen molar-refractivity contribution < 1.29 is 9.84 Å². The number of nitrogens with one attached hydrogen (secondary N) is 1. The van der Waals surface area contributed by atoms with Crippen molar-refractivity contribution in [1.29, 1.82) is 0 Å². The van der Waals surface area contributed by atoms with Crippen LogP contribution in [0.15, 0.2) is 18.2 Å².